The second-order valence-corrected chi connectivity index (χ2v) is 3.82. The molecule has 0 aliphatic carbocycles. The second-order valence-electron chi connectivity index (χ2n) is 3.82. The van der Waals surface area contributed by atoms with Crippen molar-refractivity contribution < 1.29 is 4.79 Å². The predicted molar refractivity (Wildman–Crippen MR) is 75.0 cm³/mol. The molecule has 0 saturated heterocycles. The standard InChI is InChI=1S/C12H16N4O.ClH/c1-2-16-11-7-10(15-12(17)5-6-13)4-3-9(11)8-14-16;/h3-4,7-8H,2,5-6,13H2,1H3,(H,15,17);1H. The molecule has 0 fully saturated rings. The summed E-state index contributed by atoms with van der Waals surface area (Å²) in [6, 6.07) is 5.76. The first-order valence-corrected chi connectivity index (χ1v) is 5.70. The monoisotopic (exact) mass is 268 g/mol. The minimum absolute atomic E-state index is 0. The number of hydrogen-bond donors (Lipinski definition) is 2. The second kappa shape index (κ2) is 6.37. The minimum atomic E-state index is -0.0607. The van der Waals surface area contributed by atoms with Crippen LogP contribution in [0.25, 0.3) is 10.9 Å². The van der Waals surface area contributed by atoms with Gasteiger partial charge in [-0.2, -0.15) is 5.10 Å². The Labute approximate surface area is 112 Å². The minimum Gasteiger partial charge on any atom is -0.330 e. The summed E-state index contributed by atoms with van der Waals surface area (Å²) in [5.41, 5.74) is 7.14. The van der Waals surface area contributed by atoms with Gasteiger partial charge in [-0.25, -0.2) is 0 Å². The van der Waals surface area contributed by atoms with E-state index in [0.29, 0.717) is 13.0 Å². The zero-order valence-corrected chi connectivity index (χ0v) is 11.0. The Balaban J connectivity index is 0.00000162. The number of fused-ring (bicyclic) bond motifs is 1. The molecular weight excluding hydrogens is 252 g/mol. The van der Waals surface area contributed by atoms with Crippen LogP contribution in [0.5, 0.6) is 0 Å². The first-order valence-electron chi connectivity index (χ1n) is 5.70. The average Bonchev–Trinajstić information content (AvgIpc) is 2.71. The lowest BCUT2D eigenvalue weighted by Crippen LogP contribution is -2.16. The normalized spacial score (nSPS) is 10.1. The molecule has 1 heterocycles. The molecule has 0 unspecified atom stereocenters. The summed E-state index contributed by atoms with van der Waals surface area (Å²) < 4.78 is 1.90. The lowest BCUT2D eigenvalue weighted by molar-refractivity contribution is -0.116. The van der Waals surface area contributed by atoms with Crippen LogP contribution in [0.15, 0.2) is 24.4 Å². The highest BCUT2D eigenvalue weighted by Gasteiger charge is 2.05. The summed E-state index contributed by atoms with van der Waals surface area (Å²) in [6.07, 6.45) is 2.16. The Morgan fingerprint density at radius 2 is 2.28 bits per heavy atom. The molecule has 0 atom stereocenters. The summed E-state index contributed by atoms with van der Waals surface area (Å²) >= 11 is 0. The van der Waals surface area contributed by atoms with E-state index >= 15 is 0 Å². The van der Waals surface area contributed by atoms with E-state index in [2.05, 4.69) is 10.4 Å². The highest BCUT2D eigenvalue weighted by Crippen LogP contribution is 2.19. The summed E-state index contributed by atoms with van der Waals surface area (Å²) in [5.74, 6) is -0.0607. The third kappa shape index (κ3) is 3.00. The van der Waals surface area contributed by atoms with Gasteiger partial charge in [-0.05, 0) is 25.1 Å². The highest BCUT2D eigenvalue weighted by molar-refractivity contribution is 5.93. The summed E-state index contributed by atoms with van der Waals surface area (Å²) in [4.78, 5) is 11.4. The van der Waals surface area contributed by atoms with Crippen molar-refractivity contribution in [3.63, 3.8) is 0 Å². The molecule has 3 N–H and O–H groups in total. The van der Waals surface area contributed by atoms with Gasteiger partial charge < -0.3 is 11.1 Å². The number of halogens is 1. The quantitative estimate of drug-likeness (QED) is 0.888. The number of aromatic nitrogens is 2. The topological polar surface area (TPSA) is 72.9 Å². The first-order chi connectivity index (χ1) is 8.24. The Morgan fingerprint density at radius 3 is 2.94 bits per heavy atom. The highest BCUT2D eigenvalue weighted by atomic mass is 35.5. The van der Waals surface area contributed by atoms with Crippen LogP contribution < -0.4 is 11.1 Å². The Bertz CT molecular complexity index is 538. The van der Waals surface area contributed by atoms with Crippen LogP contribution >= 0.6 is 12.4 Å². The number of nitrogens with zero attached hydrogens (tertiary/aromatic N) is 2. The van der Waals surface area contributed by atoms with Crippen molar-refractivity contribution in [3.05, 3.63) is 24.4 Å². The van der Waals surface area contributed by atoms with Crippen molar-refractivity contribution in [3.8, 4) is 0 Å². The maximum absolute atomic E-state index is 11.4. The van der Waals surface area contributed by atoms with E-state index in [4.69, 9.17) is 5.73 Å². The molecule has 2 aromatic rings. The zero-order valence-electron chi connectivity index (χ0n) is 10.2. The van der Waals surface area contributed by atoms with Gasteiger partial charge in [-0.3, -0.25) is 9.48 Å². The molecule has 1 amide bonds. The third-order valence-corrected chi connectivity index (χ3v) is 2.60. The van der Waals surface area contributed by atoms with Gasteiger partial charge in [0.15, 0.2) is 0 Å². The fourth-order valence-electron chi connectivity index (χ4n) is 1.75. The smallest absolute Gasteiger partial charge is 0.225 e. The molecule has 0 aliphatic heterocycles. The fourth-order valence-corrected chi connectivity index (χ4v) is 1.75. The molecule has 0 saturated carbocycles. The molecule has 0 bridgehead atoms. The number of benzene rings is 1. The molecule has 0 spiro atoms. The molecule has 18 heavy (non-hydrogen) atoms. The SMILES string of the molecule is CCn1ncc2ccc(NC(=O)CCN)cc21.Cl. The van der Waals surface area contributed by atoms with Gasteiger partial charge in [0.2, 0.25) is 5.91 Å². The molecule has 98 valence electrons. The van der Waals surface area contributed by atoms with Crippen molar-refractivity contribution in [2.24, 2.45) is 5.73 Å². The van der Waals surface area contributed by atoms with Crippen LogP contribution in [-0.4, -0.2) is 22.2 Å². The molecule has 0 aliphatic rings. The van der Waals surface area contributed by atoms with Crippen molar-refractivity contribution in [1.82, 2.24) is 9.78 Å². The number of carbonyl (C=O) groups excluding carboxylic acids is 1. The van der Waals surface area contributed by atoms with Crippen molar-refractivity contribution >= 4 is 34.9 Å². The number of amides is 1. The van der Waals surface area contributed by atoms with E-state index in [9.17, 15) is 4.79 Å². The van der Waals surface area contributed by atoms with E-state index < -0.39 is 0 Å². The van der Waals surface area contributed by atoms with Crippen LogP contribution in [0, 0.1) is 0 Å². The molecule has 0 radical (unpaired) electrons. The van der Waals surface area contributed by atoms with Crippen molar-refractivity contribution in [1.29, 1.82) is 0 Å². The molecule has 5 nitrogen and oxygen atoms in total. The number of hydrogen-bond acceptors (Lipinski definition) is 3. The van der Waals surface area contributed by atoms with Gasteiger partial charge >= 0.3 is 0 Å². The van der Waals surface area contributed by atoms with E-state index in [-0.39, 0.29) is 18.3 Å². The van der Waals surface area contributed by atoms with Crippen LogP contribution in [0.3, 0.4) is 0 Å². The van der Waals surface area contributed by atoms with E-state index in [0.717, 1.165) is 23.1 Å². The summed E-state index contributed by atoms with van der Waals surface area (Å²) in [6.45, 7) is 3.21. The van der Waals surface area contributed by atoms with Crippen LogP contribution in [0.2, 0.25) is 0 Å². The van der Waals surface area contributed by atoms with E-state index in [1.54, 1.807) is 0 Å². The number of nitrogens with two attached hydrogens (primary N) is 1. The molecule has 6 heteroatoms. The van der Waals surface area contributed by atoms with Gasteiger partial charge in [0, 0.05) is 30.6 Å². The predicted octanol–water partition coefficient (Wildman–Crippen LogP) is 1.77. The van der Waals surface area contributed by atoms with Gasteiger partial charge in [0.05, 0.1) is 11.7 Å². The van der Waals surface area contributed by atoms with Crippen molar-refractivity contribution in [2.75, 3.05) is 11.9 Å². The molecule has 1 aromatic carbocycles. The van der Waals surface area contributed by atoms with Crippen LogP contribution in [-0.2, 0) is 11.3 Å². The van der Waals surface area contributed by atoms with E-state index in [1.807, 2.05) is 36.0 Å². The maximum atomic E-state index is 11.4. The molecule has 1 aromatic heterocycles. The molecule has 2 rings (SSSR count). The lowest BCUT2D eigenvalue weighted by atomic mass is 10.2. The van der Waals surface area contributed by atoms with Gasteiger partial charge in [-0.15, -0.1) is 12.4 Å². The Kier molecular flexibility index (Phi) is 5.12. The Hall–Kier alpha value is -1.59. The summed E-state index contributed by atoms with van der Waals surface area (Å²) in [7, 11) is 0. The summed E-state index contributed by atoms with van der Waals surface area (Å²) in [5, 5.41) is 8.14. The number of anilines is 1. The average molecular weight is 269 g/mol. The largest absolute Gasteiger partial charge is 0.330 e. The van der Waals surface area contributed by atoms with Gasteiger partial charge in [0.25, 0.3) is 0 Å². The lowest BCUT2D eigenvalue weighted by Gasteiger charge is -2.05. The van der Waals surface area contributed by atoms with Crippen molar-refractivity contribution in [2.45, 2.75) is 19.9 Å². The van der Waals surface area contributed by atoms with E-state index in [1.165, 1.54) is 0 Å². The number of rotatable bonds is 4. The molecular formula is C12H17ClN4O. The van der Waals surface area contributed by atoms with Crippen LogP contribution in [0.1, 0.15) is 13.3 Å². The number of aryl methyl sites for hydroxylation is 1. The van der Waals surface area contributed by atoms with Gasteiger partial charge in [0.1, 0.15) is 0 Å². The first kappa shape index (κ1) is 14.5. The van der Waals surface area contributed by atoms with Crippen LogP contribution in [0.4, 0.5) is 5.69 Å². The number of carbonyl (C=O) groups is 1. The zero-order chi connectivity index (χ0) is 12.3. The van der Waals surface area contributed by atoms with Gasteiger partial charge in [-0.1, -0.05) is 0 Å². The maximum Gasteiger partial charge on any atom is 0.225 e. The fraction of sp³-hybridized carbons (Fsp3) is 0.333. The number of nitrogens with one attached hydrogen (secondary N) is 1. The Morgan fingerprint density at radius 1 is 1.50 bits per heavy atom. The third-order valence-electron chi connectivity index (χ3n) is 2.60.